The second-order valence-corrected chi connectivity index (χ2v) is 5.90. The van der Waals surface area contributed by atoms with Gasteiger partial charge in [-0.1, -0.05) is 77.7 Å². The number of ether oxygens (including phenoxy) is 1. The summed E-state index contributed by atoms with van der Waals surface area (Å²) in [6.45, 7) is 6.09. The number of nitrogens with two attached hydrogens (primary N) is 1. The first-order valence-electron chi connectivity index (χ1n) is 8.71. The number of hydrogen-bond acceptors (Lipinski definition) is 3. The van der Waals surface area contributed by atoms with E-state index in [0.29, 0.717) is 6.61 Å². The van der Waals surface area contributed by atoms with Crippen molar-refractivity contribution in [3.8, 4) is 0 Å². The Kier molecular flexibility index (Phi) is 13.7. The summed E-state index contributed by atoms with van der Waals surface area (Å²) in [6.07, 6.45) is 13.8. The van der Waals surface area contributed by atoms with E-state index in [1.165, 1.54) is 57.8 Å². The summed E-state index contributed by atoms with van der Waals surface area (Å²) in [5.74, 6) is -1.07. The molecule has 0 aromatic carbocycles. The number of unbranched alkanes of at least 4 members (excludes halogenated alkanes) is 10. The minimum atomic E-state index is -0.647. The van der Waals surface area contributed by atoms with E-state index in [4.69, 9.17) is 10.5 Å². The van der Waals surface area contributed by atoms with Crippen LogP contribution >= 0.6 is 0 Å². The Balaban J connectivity index is 3.25. The molecule has 0 aliphatic carbocycles. The van der Waals surface area contributed by atoms with Gasteiger partial charge in [0.2, 0.25) is 5.91 Å². The van der Waals surface area contributed by atoms with Crippen LogP contribution in [0.4, 0.5) is 0 Å². The molecule has 0 saturated heterocycles. The van der Waals surface area contributed by atoms with Gasteiger partial charge >= 0.3 is 5.97 Å². The molecule has 128 valence electrons. The number of rotatable bonds is 15. The Bertz CT molecular complexity index is 326. The van der Waals surface area contributed by atoms with Crippen molar-refractivity contribution in [2.75, 3.05) is 6.61 Å². The maximum Gasteiger partial charge on any atom is 0.310 e. The summed E-state index contributed by atoms with van der Waals surface area (Å²) in [5, 5.41) is 0. The van der Waals surface area contributed by atoms with Crippen molar-refractivity contribution in [2.24, 2.45) is 5.73 Å². The van der Waals surface area contributed by atoms with Crippen LogP contribution in [0.1, 0.15) is 84.0 Å². The first kappa shape index (κ1) is 20.7. The normalized spacial score (nSPS) is 10.4. The van der Waals surface area contributed by atoms with Crippen molar-refractivity contribution in [2.45, 2.75) is 84.0 Å². The molecule has 0 aliphatic heterocycles. The van der Waals surface area contributed by atoms with E-state index in [2.05, 4.69) is 13.5 Å². The molecule has 0 spiro atoms. The molecule has 0 fully saturated rings. The number of primary amides is 1. The van der Waals surface area contributed by atoms with Crippen LogP contribution in [0.25, 0.3) is 0 Å². The highest BCUT2D eigenvalue weighted by atomic mass is 16.5. The molecule has 22 heavy (non-hydrogen) atoms. The molecule has 0 radical (unpaired) electrons. The Labute approximate surface area is 135 Å². The summed E-state index contributed by atoms with van der Waals surface area (Å²) in [6, 6.07) is 0. The number of hydrogen-bond donors (Lipinski definition) is 1. The average molecular weight is 311 g/mol. The SMILES string of the molecule is C=C(CC(=O)OCCCCCCCCCCCCC)C(N)=O. The van der Waals surface area contributed by atoms with Gasteiger partial charge in [0.05, 0.1) is 13.0 Å². The van der Waals surface area contributed by atoms with Crippen LogP contribution in [0.15, 0.2) is 12.2 Å². The van der Waals surface area contributed by atoms with E-state index in [0.717, 1.165) is 12.8 Å². The molecule has 0 heterocycles. The van der Waals surface area contributed by atoms with E-state index in [9.17, 15) is 9.59 Å². The standard InChI is InChI=1S/C18H33NO3/c1-3-4-5-6-7-8-9-10-11-12-13-14-22-17(20)15-16(2)18(19)21/h2-15H2,1H3,(H2,19,21). The van der Waals surface area contributed by atoms with Crippen LogP contribution in [0.2, 0.25) is 0 Å². The lowest BCUT2D eigenvalue weighted by Crippen LogP contribution is -2.17. The minimum Gasteiger partial charge on any atom is -0.465 e. The van der Waals surface area contributed by atoms with Gasteiger partial charge in [0.1, 0.15) is 0 Å². The lowest BCUT2D eigenvalue weighted by molar-refractivity contribution is -0.143. The van der Waals surface area contributed by atoms with Crippen molar-refractivity contribution in [1.29, 1.82) is 0 Å². The average Bonchev–Trinajstić information content (AvgIpc) is 2.48. The summed E-state index contributed by atoms with van der Waals surface area (Å²) in [4.78, 5) is 22.1. The summed E-state index contributed by atoms with van der Waals surface area (Å²) >= 11 is 0. The third kappa shape index (κ3) is 13.7. The molecular formula is C18H33NO3. The van der Waals surface area contributed by atoms with Gasteiger partial charge in [0.15, 0.2) is 0 Å². The van der Waals surface area contributed by atoms with Crippen LogP contribution in [0.3, 0.4) is 0 Å². The van der Waals surface area contributed by atoms with Gasteiger partial charge in [-0.3, -0.25) is 9.59 Å². The highest BCUT2D eigenvalue weighted by Crippen LogP contribution is 2.11. The van der Waals surface area contributed by atoms with Crippen LogP contribution in [0, 0.1) is 0 Å². The maximum absolute atomic E-state index is 11.3. The molecule has 0 aliphatic rings. The van der Waals surface area contributed by atoms with E-state index in [-0.39, 0.29) is 12.0 Å². The quantitative estimate of drug-likeness (QED) is 0.279. The second kappa shape index (κ2) is 14.6. The van der Waals surface area contributed by atoms with E-state index in [1.54, 1.807) is 0 Å². The molecule has 0 bridgehead atoms. The molecule has 4 nitrogen and oxygen atoms in total. The van der Waals surface area contributed by atoms with E-state index < -0.39 is 11.9 Å². The zero-order chi connectivity index (χ0) is 16.6. The molecule has 0 aromatic rings. The lowest BCUT2D eigenvalue weighted by Gasteiger charge is -2.05. The zero-order valence-electron chi connectivity index (χ0n) is 14.2. The van der Waals surface area contributed by atoms with Crippen molar-refractivity contribution in [3.05, 3.63) is 12.2 Å². The summed E-state index contributed by atoms with van der Waals surface area (Å²) < 4.78 is 5.04. The predicted molar refractivity (Wildman–Crippen MR) is 90.4 cm³/mol. The molecule has 0 saturated carbocycles. The molecule has 0 unspecified atom stereocenters. The van der Waals surface area contributed by atoms with Crippen LogP contribution in [-0.2, 0) is 14.3 Å². The second-order valence-electron chi connectivity index (χ2n) is 5.90. The summed E-state index contributed by atoms with van der Waals surface area (Å²) in [5.41, 5.74) is 5.11. The number of carbonyl (C=O) groups excluding carboxylic acids is 2. The van der Waals surface area contributed by atoms with Crippen molar-refractivity contribution >= 4 is 11.9 Å². The van der Waals surface area contributed by atoms with Crippen molar-refractivity contribution in [3.63, 3.8) is 0 Å². The van der Waals surface area contributed by atoms with Gasteiger partial charge < -0.3 is 10.5 Å². The monoisotopic (exact) mass is 311 g/mol. The molecule has 0 atom stereocenters. The zero-order valence-corrected chi connectivity index (χ0v) is 14.2. The van der Waals surface area contributed by atoms with Crippen LogP contribution < -0.4 is 5.73 Å². The Morgan fingerprint density at radius 2 is 1.32 bits per heavy atom. The van der Waals surface area contributed by atoms with Crippen LogP contribution in [0.5, 0.6) is 0 Å². The highest BCUT2D eigenvalue weighted by molar-refractivity contribution is 5.95. The fourth-order valence-corrected chi connectivity index (χ4v) is 2.26. The molecule has 0 rings (SSSR count). The topological polar surface area (TPSA) is 69.4 Å². The molecule has 0 aromatic heterocycles. The highest BCUT2D eigenvalue weighted by Gasteiger charge is 2.09. The van der Waals surface area contributed by atoms with Gasteiger partial charge in [-0.25, -0.2) is 0 Å². The van der Waals surface area contributed by atoms with Crippen molar-refractivity contribution in [1.82, 2.24) is 0 Å². The Morgan fingerprint density at radius 3 is 1.77 bits per heavy atom. The fraction of sp³-hybridized carbons (Fsp3) is 0.778. The smallest absolute Gasteiger partial charge is 0.310 e. The first-order chi connectivity index (χ1) is 10.6. The third-order valence-electron chi connectivity index (χ3n) is 3.72. The van der Waals surface area contributed by atoms with Gasteiger partial charge in [-0.15, -0.1) is 0 Å². The lowest BCUT2D eigenvalue weighted by atomic mass is 10.1. The Hall–Kier alpha value is -1.32. The van der Waals surface area contributed by atoms with Gasteiger partial charge in [0, 0.05) is 5.57 Å². The first-order valence-corrected chi connectivity index (χ1v) is 8.71. The van der Waals surface area contributed by atoms with E-state index >= 15 is 0 Å². The van der Waals surface area contributed by atoms with Gasteiger partial charge in [0.25, 0.3) is 0 Å². The largest absolute Gasteiger partial charge is 0.465 e. The van der Waals surface area contributed by atoms with E-state index in [1.807, 2.05) is 0 Å². The molecule has 4 heteroatoms. The molecule has 2 N–H and O–H groups in total. The predicted octanol–water partition coefficient (Wildman–Crippen LogP) is 4.27. The number of carbonyl (C=O) groups is 2. The third-order valence-corrected chi connectivity index (χ3v) is 3.72. The number of amides is 1. The molecule has 1 amide bonds. The van der Waals surface area contributed by atoms with Crippen molar-refractivity contribution < 1.29 is 14.3 Å². The van der Waals surface area contributed by atoms with Gasteiger partial charge in [-0.2, -0.15) is 0 Å². The minimum absolute atomic E-state index is 0.101. The number of esters is 1. The van der Waals surface area contributed by atoms with Crippen LogP contribution in [-0.4, -0.2) is 18.5 Å². The Morgan fingerprint density at radius 1 is 0.864 bits per heavy atom. The maximum atomic E-state index is 11.3. The summed E-state index contributed by atoms with van der Waals surface area (Å²) in [7, 11) is 0. The van der Waals surface area contributed by atoms with Gasteiger partial charge in [-0.05, 0) is 6.42 Å². The fourth-order valence-electron chi connectivity index (χ4n) is 2.26. The molecular weight excluding hydrogens is 278 g/mol.